The number of sulfonamides is 1. The number of nitrogens with zero attached hydrogens (tertiary/aromatic N) is 4. The highest BCUT2D eigenvalue weighted by Crippen LogP contribution is 2.23. The van der Waals surface area contributed by atoms with Crippen LogP contribution in [0, 0.1) is 13.8 Å². The predicted octanol–water partition coefficient (Wildman–Crippen LogP) is 3.15. The summed E-state index contributed by atoms with van der Waals surface area (Å²) in [4.78, 5) is 8.73. The molecular formula is C19H19N5O2S. The van der Waals surface area contributed by atoms with Gasteiger partial charge in [0.15, 0.2) is 5.03 Å². The minimum absolute atomic E-state index is 0.00222. The average Bonchev–Trinajstić information content (AvgIpc) is 3.21. The van der Waals surface area contributed by atoms with Crippen molar-refractivity contribution in [1.29, 1.82) is 0 Å². The SMILES string of the molecule is Cc1cccn2cc(-c3ccc(NS(=O)(=O)c4cn(C)c(C)n4)cc3)nc12. The van der Waals surface area contributed by atoms with Gasteiger partial charge in [-0.3, -0.25) is 4.72 Å². The van der Waals surface area contributed by atoms with E-state index < -0.39 is 10.0 Å². The second-order valence-electron chi connectivity index (χ2n) is 6.47. The van der Waals surface area contributed by atoms with E-state index in [0.29, 0.717) is 11.5 Å². The Balaban J connectivity index is 1.61. The van der Waals surface area contributed by atoms with Crippen LogP contribution in [0.1, 0.15) is 11.4 Å². The van der Waals surface area contributed by atoms with Gasteiger partial charge in [-0.2, -0.15) is 8.42 Å². The minimum Gasteiger partial charge on any atom is -0.337 e. The van der Waals surface area contributed by atoms with Gasteiger partial charge in [0.05, 0.1) is 5.69 Å². The number of fused-ring (bicyclic) bond motifs is 1. The van der Waals surface area contributed by atoms with Crippen LogP contribution in [-0.4, -0.2) is 27.4 Å². The second-order valence-corrected chi connectivity index (χ2v) is 8.10. The maximum absolute atomic E-state index is 12.5. The summed E-state index contributed by atoms with van der Waals surface area (Å²) in [6, 6.07) is 11.1. The number of aromatic nitrogens is 4. The standard InChI is InChI=1S/C19H19N5O2S/c1-13-5-4-10-24-11-17(21-19(13)24)15-6-8-16(9-7-15)22-27(25,26)18-12-23(3)14(2)20-18/h4-12,22H,1-3H3. The summed E-state index contributed by atoms with van der Waals surface area (Å²) in [5.41, 5.74) is 4.22. The van der Waals surface area contributed by atoms with E-state index in [-0.39, 0.29) is 5.03 Å². The second kappa shape index (κ2) is 6.24. The number of nitrogens with one attached hydrogen (secondary N) is 1. The maximum atomic E-state index is 12.5. The van der Waals surface area contributed by atoms with Crippen LogP contribution < -0.4 is 4.72 Å². The Morgan fingerprint density at radius 2 is 1.74 bits per heavy atom. The van der Waals surface area contributed by atoms with Gasteiger partial charge < -0.3 is 8.97 Å². The van der Waals surface area contributed by atoms with Crippen molar-refractivity contribution in [1.82, 2.24) is 18.9 Å². The van der Waals surface area contributed by atoms with Gasteiger partial charge in [0.2, 0.25) is 0 Å². The number of hydrogen-bond acceptors (Lipinski definition) is 4. The molecule has 0 amide bonds. The van der Waals surface area contributed by atoms with Crippen LogP contribution in [0.15, 0.2) is 60.0 Å². The lowest BCUT2D eigenvalue weighted by molar-refractivity contribution is 0.598. The van der Waals surface area contributed by atoms with Crippen LogP contribution in [0.25, 0.3) is 16.9 Å². The van der Waals surface area contributed by atoms with Gasteiger partial charge in [0.25, 0.3) is 10.0 Å². The third kappa shape index (κ3) is 3.19. The lowest BCUT2D eigenvalue weighted by Gasteiger charge is -2.06. The van der Waals surface area contributed by atoms with Crippen molar-refractivity contribution in [2.75, 3.05) is 4.72 Å². The Bertz CT molecular complexity index is 1220. The molecule has 0 aliphatic rings. The lowest BCUT2D eigenvalue weighted by Crippen LogP contribution is -2.13. The van der Waals surface area contributed by atoms with Gasteiger partial charge in [0, 0.05) is 36.9 Å². The molecule has 0 saturated heterocycles. The van der Waals surface area contributed by atoms with E-state index >= 15 is 0 Å². The number of benzene rings is 1. The normalized spacial score (nSPS) is 11.8. The fraction of sp³-hybridized carbons (Fsp3) is 0.158. The summed E-state index contributed by atoms with van der Waals surface area (Å²) in [7, 11) is -1.96. The zero-order valence-corrected chi connectivity index (χ0v) is 16.0. The molecule has 27 heavy (non-hydrogen) atoms. The van der Waals surface area contributed by atoms with Gasteiger partial charge in [-0.25, -0.2) is 9.97 Å². The topological polar surface area (TPSA) is 81.3 Å². The Labute approximate surface area is 157 Å². The Morgan fingerprint density at radius 3 is 2.37 bits per heavy atom. The highest BCUT2D eigenvalue weighted by Gasteiger charge is 2.18. The van der Waals surface area contributed by atoms with E-state index in [2.05, 4.69) is 14.7 Å². The maximum Gasteiger partial charge on any atom is 0.280 e. The van der Waals surface area contributed by atoms with Gasteiger partial charge in [0.1, 0.15) is 11.5 Å². The highest BCUT2D eigenvalue weighted by molar-refractivity contribution is 7.92. The van der Waals surface area contributed by atoms with Crippen molar-refractivity contribution in [3.8, 4) is 11.3 Å². The van der Waals surface area contributed by atoms with Gasteiger partial charge >= 0.3 is 0 Å². The van der Waals surface area contributed by atoms with E-state index in [4.69, 9.17) is 0 Å². The minimum atomic E-state index is -3.72. The molecule has 0 radical (unpaired) electrons. The lowest BCUT2D eigenvalue weighted by atomic mass is 10.1. The van der Waals surface area contributed by atoms with Crippen LogP contribution in [-0.2, 0) is 17.1 Å². The van der Waals surface area contributed by atoms with E-state index in [1.54, 1.807) is 30.7 Å². The predicted molar refractivity (Wildman–Crippen MR) is 104 cm³/mol. The molecule has 1 aromatic carbocycles. The van der Waals surface area contributed by atoms with Crippen molar-refractivity contribution in [2.45, 2.75) is 18.9 Å². The zero-order chi connectivity index (χ0) is 19.2. The molecule has 3 aromatic heterocycles. The first-order valence-electron chi connectivity index (χ1n) is 8.41. The first-order valence-corrected chi connectivity index (χ1v) is 9.89. The van der Waals surface area contributed by atoms with Crippen LogP contribution in [0.2, 0.25) is 0 Å². The average molecular weight is 381 g/mol. The van der Waals surface area contributed by atoms with Crippen molar-refractivity contribution in [2.24, 2.45) is 7.05 Å². The number of pyridine rings is 1. The number of aryl methyl sites for hydroxylation is 3. The highest BCUT2D eigenvalue weighted by atomic mass is 32.2. The van der Waals surface area contributed by atoms with Gasteiger partial charge in [-0.15, -0.1) is 0 Å². The molecule has 0 aliphatic carbocycles. The molecule has 8 heteroatoms. The molecule has 4 rings (SSSR count). The molecule has 1 N–H and O–H groups in total. The molecule has 0 fully saturated rings. The molecule has 0 atom stereocenters. The summed E-state index contributed by atoms with van der Waals surface area (Å²) in [5.74, 6) is 0.632. The first kappa shape index (κ1) is 17.3. The van der Waals surface area contributed by atoms with Crippen molar-refractivity contribution in [3.05, 3.63) is 66.4 Å². The van der Waals surface area contributed by atoms with Crippen LogP contribution in [0.4, 0.5) is 5.69 Å². The van der Waals surface area contributed by atoms with Crippen molar-refractivity contribution in [3.63, 3.8) is 0 Å². The zero-order valence-electron chi connectivity index (χ0n) is 15.2. The Hall–Kier alpha value is -3.13. The Kier molecular flexibility index (Phi) is 4.00. The molecule has 138 valence electrons. The summed E-state index contributed by atoms with van der Waals surface area (Å²) < 4.78 is 31.2. The smallest absolute Gasteiger partial charge is 0.280 e. The van der Waals surface area contributed by atoms with E-state index in [1.807, 2.05) is 48.0 Å². The molecule has 0 saturated carbocycles. The summed E-state index contributed by atoms with van der Waals surface area (Å²) in [5, 5.41) is 0.00222. The van der Waals surface area contributed by atoms with E-state index in [1.165, 1.54) is 6.20 Å². The van der Waals surface area contributed by atoms with Crippen molar-refractivity contribution >= 4 is 21.4 Å². The van der Waals surface area contributed by atoms with Gasteiger partial charge in [-0.1, -0.05) is 18.2 Å². The van der Waals surface area contributed by atoms with Crippen molar-refractivity contribution < 1.29 is 8.42 Å². The molecule has 0 unspecified atom stereocenters. The third-order valence-corrected chi connectivity index (χ3v) is 5.72. The van der Waals surface area contributed by atoms with Crippen LogP contribution in [0.5, 0.6) is 0 Å². The number of hydrogen-bond donors (Lipinski definition) is 1. The number of rotatable bonds is 4. The fourth-order valence-electron chi connectivity index (χ4n) is 2.86. The summed E-state index contributed by atoms with van der Waals surface area (Å²) in [6.07, 6.45) is 5.40. The third-order valence-electron chi connectivity index (χ3n) is 4.47. The Morgan fingerprint density at radius 1 is 1.00 bits per heavy atom. The molecule has 7 nitrogen and oxygen atoms in total. The largest absolute Gasteiger partial charge is 0.337 e. The molecule has 0 spiro atoms. The summed E-state index contributed by atoms with van der Waals surface area (Å²) in [6.45, 7) is 3.77. The number of anilines is 1. The van der Waals surface area contributed by atoms with Crippen LogP contribution in [0.3, 0.4) is 0 Å². The molecule has 0 aliphatic heterocycles. The molecule has 4 aromatic rings. The van der Waals surface area contributed by atoms with Gasteiger partial charge in [-0.05, 0) is 37.6 Å². The van der Waals surface area contributed by atoms with E-state index in [9.17, 15) is 8.42 Å². The van der Waals surface area contributed by atoms with Crippen LogP contribution >= 0.6 is 0 Å². The molecular weight excluding hydrogens is 362 g/mol. The molecule has 0 bridgehead atoms. The monoisotopic (exact) mass is 381 g/mol. The number of imidazole rings is 2. The molecule has 3 heterocycles. The fourth-order valence-corrected chi connectivity index (χ4v) is 3.97. The summed E-state index contributed by atoms with van der Waals surface area (Å²) >= 11 is 0. The first-order chi connectivity index (χ1) is 12.8. The van der Waals surface area contributed by atoms with E-state index in [0.717, 1.165) is 22.5 Å². The quantitative estimate of drug-likeness (QED) is 0.589.